The predicted octanol–water partition coefficient (Wildman–Crippen LogP) is 1.95. The molecule has 2 heterocycles. The largest absolute Gasteiger partial charge is 0.345 e. The highest BCUT2D eigenvalue weighted by Crippen LogP contribution is 2.48. The van der Waals surface area contributed by atoms with Gasteiger partial charge < -0.3 is 10.6 Å². The third-order valence-electron chi connectivity index (χ3n) is 6.61. The second kappa shape index (κ2) is 9.10. The maximum atomic E-state index is 12.7. The summed E-state index contributed by atoms with van der Waals surface area (Å²) in [7, 11) is 0. The first kappa shape index (κ1) is 21.7. The van der Waals surface area contributed by atoms with Crippen LogP contribution in [0.4, 0.5) is 0 Å². The van der Waals surface area contributed by atoms with Gasteiger partial charge >= 0.3 is 0 Å². The lowest BCUT2D eigenvalue weighted by Gasteiger charge is -2.36. The molecule has 1 aliphatic heterocycles. The van der Waals surface area contributed by atoms with E-state index in [4.69, 9.17) is 0 Å². The maximum absolute atomic E-state index is 12.7. The Hall–Kier alpha value is -4.79. The average Bonchev–Trinajstić information content (AvgIpc) is 2.94. The van der Waals surface area contributed by atoms with Crippen LogP contribution < -0.4 is 21.5 Å². The van der Waals surface area contributed by atoms with Gasteiger partial charge in [-0.3, -0.25) is 25.4 Å². The Morgan fingerprint density at radius 2 is 1.53 bits per heavy atom. The molecule has 1 aromatic carbocycles. The van der Waals surface area contributed by atoms with Crippen molar-refractivity contribution in [2.45, 2.75) is 12.5 Å². The molecule has 0 fully saturated rings. The minimum absolute atomic E-state index is 0.0213. The van der Waals surface area contributed by atoms with E-state index in [0.717, 1.165) is 5.57 Å². The van der Waals surface area contributed by atoms with E-state index in [1.54, 1.807) is 18.3 Å². The van der Waals surface area contributed by atoms with Gasteiger partial charge in [-0.1, -0.05) is 60.7 Å². The number of carbonyl (C=O) groups is 2. The summed E-state index contributed by atoms with van der Waals surface area (Å²) in [5.41, 5.74) is 11.9. The summed E-state index contributed by atoms with van der Waals surface area (Å²) in [6.07, 6.45) is 14.7. The van der Waals surface area contributed by atoms with Crippen molar-refractivity contribution in [2.75, 3.05) is 6.54 Å². The second-order valence-corrected chi connectivity index (χ2v) is 8.77. The maximum Gasteiger partial charge on any atom is 0.290 e. The number of hydrogen-bond acceptors (Lipinski definition) is 7. The summed E-state index contributed by atoms with van der Waals surface area (Å²) in [5.74, 6) is -0.384. The standard InChI is InChI=1S/C27H23N7O2/c35-26(24-31-33-25(34-32-24)27(36)30-15-20-6-1-2-13-28-20)29-14-19-10-9-18-8-7-16-4-3-5-17-11-12-21(19)23(18)22(16)17/h1-13,18,23H,14-15H2,(H,29,35)(H,30,36)(H,31,32)(H,33,34). The number of nitrogens with one attached hydrogen (secondary N) is 4. The lowest BCUT2D eigenvalue weighted by molar-refractivity contribution is -0.116. The Kier molecular flexibility index (Phi) is 5.49. The molecular formula is C27H23N7O2. The zero-order valence-electron chi connectivity index (χ0n) is 19.2. The Morgan fingerprint density at radius 3 is 2.25 bits per heavy atom. The number of amides is 2. The van der Waals surface area contributed by atoms with Crippen molar-refractivity contribution >= 4 is 35.6 Å². The first-order valence-electron chi connectivity index (χ1n) is 11.7. The fourth-order valence-corrected chi connectivity index (χ4v) is 4.87. The van der Waals surface area contributed by atoms with E-state index < -0.39 is 11.8 Å². The molecular weight excluding hydrogens is 454 g/mol. The van der Waals surface area contributed by atoms with Crippen LogP contribution in [0.5, 0.6) is 0 Å². The summed E-state index contributed by atoms with van der Waals surface area (Å²) < 4.78 is 0. The molecule has 36 heavy (non-hydrogen) atoms. The number of amidine groups is 2. The summed E-state index contributed by atoms with van der Waals surface area (Å²) in [5, 5.41) is 13.5. The number of allylic oxidation sites excluding steroid dienone is 4. The van der Waals surface area contributed by atoms with Crippen molar-refractivity contribution in [1.82, 2.24) is 26.5 Å². The molecule has 0 bridgehead atoms. The third-order valence-corrected chi connectivity index (χ3v) is 6.61. The van der Waals surface area contributed by atoms with Crippen LogP contribution in [-0.4, -0.2) is 35.0 Å². The molecule has 1 aromatic heterocycles. The number of benzene rings is 1. The normalized spacial score (nSPS) is 20.4. The predicted molar refractivity (Wildman–Crippen MR) is 137 cm³/mol. The van der Waals surface area contributed by atoms with Crippen LogP contribution in [0, 0.1) is 5.92 Å². The van der Waals surface area contributed by atoms with Gasteiger partial charge in [0.1, 0.15) is 0 Å². The first-order chi connectivity index (χ1) is 17.7. The Morgan fingerprint density at radius 1 is 0.806 bits per heavy atom. The molecule has 9 heteroatoms. The molecule has 2 atom stereocenters. The van der Waals surface area contributed by atoms with Crippen molar-refractivity contribution in [2.24, 2.45) is 16.1 Å². The topological polar surface area (TPSA) is 120 Å². The van der Waals surface area contributed by atoms with E-state index >= 15 is 0 Å². The third kappa shape index (κ3) is 4.00. The van der Waals surface area contributed by atoms with Gasteiger partial charge in [0.15, 0.2) is 0 Å². The second-order valence-electron chi connectivity index (χ2n) is 8.77. The SMILES string of the molecule is O=C(NCC1=C2C=Cc3cccc4c3C2C(C=C1)C=C4)C1=NNC(C(=O)NCc2ccccn2)=NN1. The molecule has 0 spiro atoms. The number of pyridine rings is 1. The molecule has 0 saturated heterocycles. The van der Waals surface area contributed by atoms with E-state index in [1.807, 2.05) is 6.07 Å². The quantitative estimate of drug-likeness (QED) is 0.507. The smallest absolute Gasteiger partial charge is 0.290 e. The Balaban J connectivity index is 1.08. The average molecular weight is 478 g/mol. The molecule has 3 aliphatic carbocycles. The number of aromatic nitrogens is 1. The van der Waals surface area contributed by atoms with Gasteiger partial charge in [0.25, 0.3) is 11.8 Å². The molecule has 2 aromatic rings. The van der Waals surface area contributed by atoms with Gasteiger partial charge in [-0.15, -0.1) is 10.2 Å². The van der Waals surface area contributed by atoms with Crippen LogP contribution in [0.25, 0.3) is 12.2 Å². The van der Waals surface area contributed by atoms with E-state index in [0.29, 0.717) is 18.2 Å². The zero-order chi connectivity index (χ0) is 24.5. The van der Waals surface area contributed by atoms with Crippen LogP contribution >= 0.6 is 0 Å². The molecule has 6 rings (SSSR count). The summed E-state index contributed by atoms with van der Waals surface area (Å²) in [6, 6.07) is 11.8. The van der Waals surface area contributed by atoms with Gasteiger partial charge in [0.05, 0.1) is 12.2 Å². The number of hydrazone groups is 2. The summed E-state index contributed by atoms with van der Waals surface area (Å²) >= 11 is 0. The highest BCUT2D eigenvalue weighted by Gasteiger charge is 2.34. The molecule has 9 nitrogen and oxygen atoms in total. The number of carbonyl (C=O) groups excluding carboxylic acids is 2. The van der Waals surface area contributed by atoms with Crippen molar-refractivity contribution in [3.63, 3.8) is 0 Å². The van der Waals surface area contributed by atoms with Crippen molar-refractivity contribution in [3.05, 3.63) is 100 Å². The van der Waals surface area contributed by atoms with Crippen LogP contribution in [0.15, 0.2) is 88.2 Å². The molecule has 2 unspecified atom stereocenters. The summed E-state index contributed by atoms with van der Waals surface area (Å²) in [6.45, 7) is 0.599. The number of nitrogens with zero attached hydrogens (tertiary/aromatic N) is 3. The van der Waals surface area contributed by atoms with Crippen molar-refractivity contribution < 1.29 is 9.59 Å². The summed E-state index contributed by atoms with van der Waals surface area (Å²) in [4.78, 5) is 29.2. The monoisotopic (exact) mass is 477 g/mol. The minimum atomic E-state index is -0.463. The lowest BCUT2D eigenvalue weighted by Crippen LogP contribution is -2.48. The van der Waals surface area contributed by atoms with Crippen molar-refractivity contribution in [1.29, 1.82) is 0 Å². The molecule has 0 radical (unpaired) electrons. The number of rotatable bonds is 6. The van der Waals surface area contributed by atoms with E-state index in [1.165, 1.54) is 22.3 Å². The van der Waals surface area contributed by atoms with Gasteiger partial charge in [-0.05, 0) is 40.0 Å². The minimum Gasteiger partial charge on any atom is -0.345 e. The van der Waals surface area contributed by atoms with Crippen LogP contribution in [0.2, 0.25) is 0 Å². The fraction of sp³-hybridized carbons (Fsp3) is 0.148. The van der Waals surface area contributed by atoms with Crippen LogP contribution in [0.3, 0.4) is 0 Å². The van der Waals surface area contributed by atoms with E-state index in [-0.39, 0.29) is 24.1 Å². The molecule has 4 N–H and O–H groups in total. The first-order valence-corrected chi connectivity index (χ1v) is 11.7. The highest BCUT2D eigenvalue weighted by atomic mass is 16.2. The van der Waals surface area contributed by atoms with Gasteiger partial charge in [0.2, 0.25) is 11.7 Å². The van der Waals surface area contributed by atoms with Gasteiger partial charge in [-0.2, -0.15) is 0 Å². The van der Waals surface area contributed by atoms with Crippen molar-refractivity contribution in [3.8, 4) is 0 Å². The van der Waals surface area contributed by atoms with Crippen LogP contribution in [0.1, 0.15) is 28.3 Å². The zero-order valence-corrected chi connectivity index (χ0v) is 19.2. The van der Waals surface area contributed by atoms with E-state index in [2.05, 4.69) is 91.3 Å². The highest BCUT2D eigenvalue weighted by molar-refractivity contribution is 6.42. The lowest BCUT2D eigenvalue weighted by atomic mass is 9.67. The van der Waals surface area contributed by atoms with Crippen LogP contribution in [-0.2, 0) is 16.1 Å². The number of hydrogen-bond donors (Lipinski definition) is 4. The molecule has 2 amide bonds. The Bertz CT molecular complexity index is 1430. The van der Waals surface area contributed by atoms with Gasteiger partial charge in [0, 0.05) is 24.6 Å². The molecule has 4 aliphatic rings. The molecule has 178 valence electrons. The van der Waals surface area contributed by atoms with Gasteiger partial charge in [-0.25, -0.2) is 0 Å². The van der Waals surface area contributed by atoms with E-state index in [9.17, 15) is 9.59 Å². The fourth-order valence-electron chi connectivity index (χ4n) is 4.87. The Labute approximate surface area is 207 Å². The molecule has 0 saturated carbocycles.